The zero-order chi connectivity index (χ0) is 12.0. The zero-order valence-corrected chi connectivity index (χ0v) is 11.0. The van der Waals surface area contributed by atoms with Gasteiger partial charge in [0.25, 0.3) is 0 Å². The van der Waals surface area contributed by atoms with E-state index in [1.54, 1.807) is 0 Å². The van der Waals surface area contributed by atoms with Gasteiger partial charge >= 0.3 is 0 Å². The van der Waals surface area contributed by atoms with Crippen molar-refractivity contribution in [3.63, 3.8) is 0 Å². The molecular weight excluding hydrogens is 222 g/mol. The lowest BCUT2D eigenvalue weighted by Gasteiger charge is -2.26. The van der Waals surface area contributed by atoms with E-state index in [0.29, 0.717) is 0 Å². The highest BCUT2D eigenvalue weighted by Gasteiger charge is 2.19. The first kappa shape index (κ1) is 13.5. The summed E-state index contributed by atoms with van der Waals surface area (Å²) in [5.74, 6) is 1.06. The Bertz CT molecular complexity index is 310. The van der Waals surface area contributed by atoms with Gasteiger partial charge in [-0.3, -0.25) is 4.68 Å². The fraction of sp³-hybridized carbons (Fsp3) is 0.727. The van der Waals surface area contributed by atoms with Gasteiger partial charge < -0.3 is 10.4 Å². The number of aliphatic hydroxyl groups is 1. The number of thioether (sulfide) groups is 1. The van der Waals surface area contributed by atoms with E-state index in [1.165, 1.54) is 4.90 Å². The molecule has 5 heteroatoms. The summed E-state index contributed by atoms with van der Waals surface area (Å²) >= 11 is 1.81. The van der Waals surface area contributed by atoms with E-state index < -0.39 is 0 Å². The molecule has 1 aromatic heterocycles. The first-order valence-electron chi connectivity index (χ1n) is 5.51. The summed E-state index contributed by atoms with van der Waals surface area (Å²) in [5, 5.41) is 16.5. The average molecular weight is 243 g/mol. The molecule has 1 heterocycles. The third kappa shape index (κ3) is 4.15. The van der Waals surface area contributed by atoms with E-state index in [-0.39, 0.29) is 12.1 Å². The van der Waals surface area contributed by atoms with Crippen LogP contribution in [-0.2, 0) is 7.05 Å². The second kappa shape index (κ2) is 6.27. The number of nitrogens with one attached hydrogen (secondary N) is 1. The summed E-state index contributed by atoms with van der Waals surface area (Å²) < 4.78 is 1.81. The van der Waals surface area contributed by atoms with Gasteiger partial charge in [-0.1, -0.05) is 0 Å². The van der Waals surface area contributed by atoms with E-state index in [4.69, 9.17) is 0 Å². The number of rotatable bonds is 7. The second-order valence-electron chi connectivity index (χ2n) is 4.27. The number of aliphatic hydroxyl groups excluding tert-OH is 1. The van der Waals surface area contributed by atoms with Crippen LogP contribution in [-0.4, -0.2) is 39.8 Å². The number of aromatic nitrogens is 2. The highest BCUT2D eigenvalue weighted by molar-refractivity contribution is 7.99. The Labute approximate surface area is 101 Å². The highest BCUT2D eigenvalue weighted by Crippen LogP contribution is 2.20. The van der Waals surface area contributed by atoms with Crippen molar-refractivity contribution < 1.29 is 5.11 Å². The summed E-state index contributed by atoms with van der Waals surface area (Å²) in [5.41, 5.74) is -0.143. The van der Waals surface area contributed by atoms with Crippen molar-refractivity contribution in [3.8, 4) is 0 Å². The molecule has 0 aliphatic heterocycles. The molecule has 1 unspecified atom stereocenters. The summed E-state index contributed by atoms with van der Waals surface area (Å²) in [6, 6.07) is 0. The van der Waals surface area contributed by atoms with E-state index >= 15 is 0 Å². The zero-order valence-electron chi connectivity index (χ0n) is 10.2. The van der Waals surface area contributed by atoms with Crippen LogP contribution >= 0.6 is 11.8 Å². The van der Waals surface area contributed by atoms with Crippen LogP contribution < -0.4 is 5.32 Å². The number of hydrogen-bond donors (Lipinski definition) is 2. The smallest absolute Gasteiger partial charge is 0.0625 e. The van der Waals surface area contributed by atoms with Gasteiger partial charge in [0, 0.05) is 23.7 Å². The van der Waals surface area contributed by atoms with Crippen molar-refractivity contribution in [1.82, 2.24) is 15.1 Å². The minimum absolute atomic E-state index is 0.143. The topological polar surface area (TPSA) is 50.1 Å². The van der Waals surface area contributed by atoms with Crippen molar-refractivity contribution in [2.45, 2.75) is 30.2 Å². The predicted octanol–water partition coefficient (Wildman–Crippen LogP) is 1.26. The van der Waals surface area contributed by atoms with Crippen LogP contribution in [0.3, 0.4) is 0 Å². The molecule has 0 fully saturated rings. The lowest BCUT2D eigenvalue weighted by Crippen LogP contribution is -2.43. The highest BCUT2D eigenvalue weighted by atomic mass is 32.2. The normalized spacial score (nSPS) is 15.0. The lowest BCUT2D eigenvalue weighted by atomic mass is 9.98. The molecule has 0 saturated heterocycles. The van der Waals surface area contributed by atoms with Gasteiger partial charge in [-0.2, -0.15) is 5.10 Å². The van der Waals surface area contributed by atoms with Crippen LogP contribution in [0.4, 0.5) is 0 Å². The lowest BCUT2D eigenvalue weighted by molar-refractivity contribution is 0.173. The first-order valence-corrected chi connectivity index (χ1v) is 6.49. The van der Waals surface area contributed by atoms with Crippen LogP contribution in [0.15, 0.2) is 17.3 Å². The standard InChI is InChI=1S/C11H21N3OS/c1-11(9-15,12-2)5-4-6-16-10-7-13-14(3)8-10/h7-8,12,15H,4-6,9H2,1-3H3. The molecule has 0 radical (unpaired) electrons. The van der Waals surface area contributed by atoms with Crippen LogP contribution in [0.25, 0.3) is 0 Å². The maximum absolute atomic E-state index is 9.22. The first-order chi connectivity index (χ1) is 7.59. The van der Waals surface area contributed by atoms with Gasteiger partial charge in [0.15, 0.2) is 0 Å². The van der Waals surface area contributed by atoms with Gasteiger partial charge in [0.2, 0.25) is 0 Å². The van der Waals surface area contributed by atoms with Crippen molar-refractivity contribution in [3.05, 3.63) is 12.4 Å². The molecule has 16 heavy (non-hydrogen) atoms. The molecule has 92 valence electrons. The summed E-state index contributed by atoms with van der Waals surface area (Å²) in [7, 11) is 3.82. The molecule has 2 N–H and O–H groups in total. The van der Waals surface area contributed by atoms with Crippen molar-refractivity contribution >= 4 is 11.8 Å². The molecular formula is C11H21N3OS. The average Bonchev–Trinajstić information content (AvgIpc) is 2.70. The molecule has 0 aromatic carbocycles. The SMILES string of the molecule is CNC(C)(CO)CCCSc1cnn(C)c1. The van der Waals surface area contributed by atoms with Crippen molar-refractivity contribution in [2.24, 2.45) is 7.05 Å². The van der Waals surface area contributed by atoms with E-state index in [1.807, 2.05) is 49.9 Å². The molecule has 1 aromatic rings. The predicted molar refractivity (Wildman–Crippen MR) is 67.7 cm³/mol. The van der Waals surface area contributed by atoms with Crippen molar-refractivity contribution in [2.75, 3.05) is 19.4 Å². The number of nitrogens with zero attached hydrogens (tertiary/aromatic N) is 2. The summed E-state index contributed by atoms with van der Waals surface area (Å²) in [4.78, 5) is 1.21. The summed E-state index contributed by atoms with van der Waals surface area (Å²) in [6.45, 7) is 2.22. The third-order valence-corrected chi connectivity index (χ3v) is 3.81. The number of likely N-dealkylation sites (N-methyl/N-ethyl adjacent to an activating group) is 1. The monoisotopic (exact) mass is 243 g/mol. The fourth-order valence-corrected chi connectivity index (χ4v) is 2.28. The van der Waals surface area contributed by atoms with E-state index in [9.17, 15) is 5.11 Å². The Balaban J connectivity index is 2.21. The minimum atomic E-state index is -0.143. The third-order valence-electron chi connectivity index (χ3n) is 2.78. The van der Waals surface area contributed by atoms with Gasteiger partial charge in [-0.05, 0) is 32.6 Å². The quantitative estimate of drug-likeness (QED) is 0.559. The molecule has 0 saturated carbocycles. The van der Waals surface area contributed by atoms with Gasteiger partial charge in [0.1, 0.15) is 0 Å². The van der Waals surface area contributed by atoms with Crippen LogP contribution in [0.5, 0.6) is 0 Å². The molecule has 0 aliphatic rings. The minimum Gasteiger partial charge on any atom is -0.394 e. The maximum Gasteiger partial charge on any atom is 0.0625 e. The number of hydrogen-bond acceptors (Lipinski definition) is 4. The molecule has 0 spiro atoms. The van der Waals surface area contributed by atoms with Gasteiger partial charge in [-0.25, -0.2) is 0 Å². The van der Waals surface area contributed by atoms with Crippen LogP contribution in [0.2, 0.25) is 0 Å². The Morgan fingerprint density at radius 3 is 2.88 bits per heavy atom. The Kier molecular flexibility index (Phi) is 5.31. The van der Waals surface area contributed by atoms with E-state index in [2.05, 4.69) is 10.4 Å². The second-order valence-corrected chi connectivity index (χ2v) is 5.44. The molecule has 1 rings (SSSR count). The molecule has 0 bridgehead atoms. The molecule has 1 atom stereocenters. The Morgan fingerprint density at radius 1 is 1.62 bits per heavy atom. The van der Waals surface area contributed by atoms with Gasteiger partial charge in [-0.15, -0.1) is 11.8 Å². The summed E-state index contributed by atoms with van der Waals surface area (Å²) in [6.07, 6.45) is 5.96. The largest absolute Gasteiger partial charge is 0.394 e. The molecule has 0 aliphatic carbocycles. The Hall–Kier alpha value is -0.520. The van der Waals surface area contributed by atoms with E-state index in [0.717, 1.165) is 18.6 Å². The van der Waals surface area contributed by atoms with Crippen molar-refractivity contribution in [1.29, 1.82) is 0 Å². The maximum atomic E-state index is 9.22. The fourth-order valence-electron chi connectivity index (χ4n) is 1.41. The Morgan fingerprint density at radius 2 is 2.38 bits per heavy atom. The van der Waals surface area contributed by atoms with Crippen LogP contribution in [0, 0.1) is 0 Å². The van der Waals surface area contributed by atoms with Gasteiger partial charge in [0.05, 0.1) is 12.8 Å². The van der Waals surface area contributed by atoms with Crippen LogP contribution in [0.1, 0.15) is 19.8 Å². The number of aryl methyl sites for hydroxylation is 1. The molecule has 0 amide bonds. The molecule has 4 nitrogen and oxygen atoms in total.